The number of aryl methyl sites for hydroxylation is 1. The highest BCUT2D eigenvalue weighted by molar-refractivity contribution is 7.89. The lowest BCUT2D eigenvalue weighted by Crippen LogP contribution is -2.40. The van der Waals surface area contributed by atoms with Crippen molar-refractivity contribution in [3.05, 3.63) is 94.7 Å². The third-order valence-electron chi connectivity index (χ3n) is 6.05. The van der Waals surface area contributed by atoms with E-state index >= 15 is 0 Å². The van der Waals surface area contributed by atoms with Crippen molar-refractivity contribution in [2.24, 2.45) is 0 Å². The zero-order valence-electron chi connectivity index (χ0n) is 25.7. The van der Waals surface area contributed by atoms with E-state index in [1.54, 1.807) is 57.3 Å². The number of nitrogens with zero attached hydrogens (tertiary/aromatic N) is 3. The molecule has 1 heterocycles. The van der Waals surface area contributed by atoms with E-state index in [-0.39, 0.29) is 16.3 Å². The fourth-order valence-corrected chi connectivity index (χ4v) is 5.43. The molecule has 4 aromatic rings. The van der Waals surface area contributed by atoms with Crippen molar-refractivity contribution in [2.45, 2.75) is 44.6 Å². The van der Waals surface area contributed by atoms with Gasteiger partial charge in [0.15, 0.2) is 0 Å². The van der Waals surface area contributed by atoms with Gasteiger partial charge in [0.2, 0.25) is 16.0 Å². The summed E-state index contributed by atoms with van der Waals surface area (Å²) in [5.74, 6) is 1.68. The van der Waals surface area contributed by atoms with Crippen LogP contribution in [0.2, 0.25) is 0 Å². The fraction of sp³-hybridized carbons (Fsp3) is 0.258. The number of aromatic nitrogens is 2. The summed E-state index contributed by atoms with van der Waals surface area (Å²) in [5, 5.41) is 19.6. The maximum Gasteiger partial charge on any atom is 0.412 e. The number of hydrogen-bond donors (Lipinski definition) is 4. The molecule has 0 saturated carbocycles. The van der Waals surface area contributed by atoms with Crippen LogP contribution in [0.4, 0.5) is 33.6 Å². The molecule has 0 unspecified atom stereocenters. The van der Waals surface area contributed by atoms with E-state index in [1.165, 1.54) is 30.3 Å². The predicted molar refractivity (Wildman–Crippen MR) is 174 cm³/mol. The van der Waals surface area contributed by atoms with Crippen molar-refractivity contribution in [1.82, 2.24) is 20.0 Å². The molecule has 0 saturated heterocycles. The van der Waals surface area contributed by atoms with Crippen LogP contribution in [0.1, 0.15) is 32.8 Å². The van der Waals surface area contributed by atoms with Crippen molar-refractivity contribution >= 4 is 44.9 Å². The average molecular weight is 650 g/mol. The van der Waals surface area contributed by atoms with E-state index in [1.807, 2.05) is 19.1 Å². The van der Waals surface area contributed by atoms with Gasteiger partial charge in [0.25, 0.3) is 5.69 Å². The van der Waals surface area contributed by atoms with E-state index in [4.69, 9.17) is 9.47 Å². The molecule has 3 aromatic carbocycles. The Morgan fingerprint density at radius 1 is 0.957 bits per heavy atom. The minimum absolute atomic E-state index is 0.0936. The third kappa shape index (κ3) is 10.1. The second-order valence-corrected chi connectivity index (χ2v) is 12.8. The monoisotopic (exact) mass is 649 g/mol. The quantitative estimate of drug-likeness (QED) is 0.0777. The number of anilines is 4. The first-order valence-corrected chi connectivity index (χ1v) is 15.7. The second-order valence-electron chi connectivity index (χ2n) is 11.2. The number of nitrogens with one attached hydrogen (secondary N) is 4. The molecule has 242 valence electrons. The number of non-ortho nitro benzene ring substituents is 1. The van der Waals surface area contributed by atoms with Gasteiger partial charge in [-0.2, -0.15) is 4.98 Å². The van der Waals surface area contributed by atoms with Gasteiger partial charge >= 0.3 is 6.09 Å². The maximum atomic E-state index is 12.8. The van der Waals surface area contributed by atoms with E-state index in [0.29, 0.717) is 42.8 Å². The summed E-state index contributed by atoms with van der Waals surface area (Å²) < 4.78 is 39.0. The number of amides is 1. The summed E-state index contributed by atoms with van der Waals surface area (Å²) in [6.07, 6.45) is 1.51. The molecule has 0 aliphatic rings. The highest BCUT2D eigenvalue weighted by Crippen LogP contribution is 2.24. The summed E-state index contributed by atoms with van der Waals surface area (Å²) >= 11 is 0. The summed E-state index contributed by atoms with van der Waals surface area (Å²) in [5.41, 5.74) is 1.34. The Kier molecular flexibility index (Phi) is 10.7. The molecule has 0 atom stereocenters. The number of carbonyl (C=O) groups is 1. The van der Waals surface area contributed by atoms with Gasteiger partial charge in [-0.05, 0) is 88.7 Å². The Hall–Kier alpha value is -5.28. The number of ether oxygens (including phenoxy) is 2. The van der Waals surface area contributed by atoms with Gasteiger partial charge in [-0.15, -0.1) is 0 Å². The van der Waals surface area contributed by atoms with E-state index in [9.17, 15) is 23.3 Å². The second kappa shape index (κ2) is 14.7. The number of carbonyl (C=O) groups excluding carboxylic acids is 1. The van der Waals surface area contributed by atoms with Crippen LogP contribution >= 0.6 is 0 Å². The van der Waals surface area contributed by atoms with Gasteiger partial charge in [-0.25, -0.2) is 22.9 Å². The summed E-state index contributed by atoms with van der Waals surface area (Å²) in [4.78, 5) is 31.1. The summed E-state index contributed by atoms with van der Waals surface area (Å²) in [6, 6.07) is 18.9. The molecule has 15 heteroatoms. The van der Waals surface area contributed by atoms with Gasteiger partial charge in [-0.3, -0.25) is 10.1 Å². The first kappa shape index (κ1) is 33.6. The van der Waals surface area contributed by atoms with Crippen molar-refractivity contribution in [3.8, 4) is 11.5 Å². The van der Waals surface area contributed by atoms with E-state index < -0.39 is 26.6 Å². The van der Waals surface area contributed by atoms with Crippen molar-refractivity contribution < 1.29 is 27.6 Å². The van der Waals surface area contributed by atoms with Crippen LogP contribution in [0.15, 0.2) is 83.9 Å². The first-order valence-electron chi connectivity index (χ1n) is 14.2. The molecule has 1 aromatic heterocycles. The summed E-state index contributed by atoms with van der Waals surface area (Å²) in [7, 11) is -3.70. The molecule has 0 spiro atoms. The first-order chi connectivity index (χ1) is 21.8. The van der Waals surface area contributed by atoms with Crippen molar-refractivity contribution in [1.29, 1.82) is 0 Å². The Morgan fingerprint density at radius 2 is 1.65 bits per heavy atom. The minimum atomic E-state index is -3.70. The SMILES string of the molecule is Cc1cnc(Nc2ccc(OCCCNC(=O)Oc3ccc([N+](=O)[O-])cc3)cc2)nc1Nc1cccc(S(=O)(=O)NC(C)(C)C)c1. The summed E-state index contributed by atoms with van der Waals surface area (Å²) in [6.45, 7) is 7.83. The number of nitro benzene ring substituents is 1. The lowest BCUT2D eigenvalue weighted by atomic mass is 10.1. The zero-order chi connectivity index (χ0) is 33.3. The molecule has 0 fully saturated rings. The van der Waals surface area contributed by atoms with Crippen molar-refractivity contribution in [3.63, 3.8) is 0 Å². The van der Waals surface area contributed by atoms with Crippen molar-refractivity contribution in [2.75, 3.05) is 23.8 Å². The Labute approximate surface area is 266 Å². The highest BCUT2D eigenvalue weighted by Gasteiger charge is 2.22. The zero-order valence-corrected chi connectivity index (χ0v) is 26.6. The van der Waals surface area contributed by atoms with Gasteiger partial charge in [-0.1, -0.05) is 6.07 Å². The number of sulfonamides is 1. The average Bonchev–Trinajstić information content (AvgIpc) is 2.99. The molecule has 46 heavy (non-hydrogen) atoms. The van der Waals surface area contributed by atoms with E-state index in [2.05, 4.69) is 30.6 Å². The molecule has 0 radical (unpaired) electrons. The molecule has 4 rings (SSSR count). The van der Waals surface area contributed by atoms with Crippen LogP contribution in [0, 0.1) is 17.0 Å². The molecule has 0 aliphatic heterocycles. The Balaban J connectivity index is 1.25. The lowest BCUT2D eigenvalue weighted by Gasteiger charge is -2.20. The van der Waals surface area contributed by atoms with Gasteiger partial charge in [0.1, 0.15) is 17.3 Å². The number of nitro groups is 1. The number of hydrogen-bond acceptors (Lipinski definition) is 11. The van der Waals surface area contributed by atoms with Crippen LogP contribution in [-0.2, 0) is 10.0 Å². The Morgan fingerprint density at radius 3 is 2.33 bits per heavy atom. The normalized spacial score (nSPS) is 11.4. The molecule has 14 nitrogen and oxygen atoms in total. The van der Waals surface area contributed by atoms with E-state index in [0.717, 1.165) is 11.3 Å². The standard InChI is InChI=1S/C31H35N7O7S/c1-21-20-33-29(36-28(21)34-23-7-5-8-27(19-23)46(42,43)37-31(2,3)4)35-22-9-13-25(14-10-22)44-18-6-17-32-30(39)45-26-15-11-24(12-16-26)38(40)41/h5,7-16,19-20,37H,6,17-18H2,1-4H3,(H,32,39)(H2,33,34,35,36). The van der Waals surface area contributed by atoms with Gasteiger partial charge in [0.05, 0.1) is 16.4 Å². The molecule has 1 amide bonds. The molecular formula is C31H35N7O7S. The van der Waals surface area contributed by atoms with Crippen LogP contribution in [0.25, 0.3) is 0 Å². The molecule has 0 aliphatic carbocycles. The minimum Gasteiger partial charge on any atom is -0.494 e. The molecule has 0 bridgehead atoms. The maximum absolute atomic E-state index is 12.8. The largest absolute Gasteiger partial charge is 0.494 e. The van der Waals surface area contributed by atoms with Gasteiger partial charge in [0, 0.05) is 47.4 Å². The number of benzene rings is 3. The predicted octanol–water partition coefficient (Wildman–Crippen LogP) is 5.81. The molecular weight excluding hydrogens is 614 g/mol. The third-order valence-corrected chi connectivity index (χ3v) is 7.80. The lowest BCUT2D eigenvalue weighted by molar-refractivity contribution is -0.384. The smallest absolute Gasteiger partial charge is 0.412 e. The van der Waals surface area contributed by atoms with Crippen LogP contribution in [0.5, 0.6) is 11.5 Å². The van der Waals surface area contributed by atoms with Crippen LogP contribution < -0.4 is 30.1 Å². The van der Waals surface area contributed by atoms with Crippen LogP contribution in [-0.4, -0.2) is 48.1 Å². The topological polar surface area (TPSA) is 187 Å². The van der Waals surface area contributed by atoms with Gasteiger partial charge < -0.3 is 25.4 Å². The Bertz CT molecular complexity index is 1780. The number of rotatable bonds is 13. The molecule has 4 N–H and O–H groups in total. The van der Waals surface area contributed by atoms with Crippen LogP contribution in [0.3, 0.4) is 0 Å². The fourth-order valence-electron chi connectivity index (χ4n) is 3.96. The highest BCUT2D eigenvalue weighted by atomic mass is 32.2.